The molecule has 1 N–H and O–H groups in total. The molecule has 0 fully saturated rings. The molecule has 0 aromatic heterocycles. The molecule has 2 aromatic rings. The van der Waals surface area contributed by atoms with Gasteiger partial charge in [-0.3, -0.25) is 4.79 Å². The minimum atomic E-state index is -0.280. The lowest BCUT2D eigenvalue weighted by Crippen LogP contribution is -2.21. The SMILES string of the molecule is O=C(COc1ccc(Cl)cc1)Nc1cc2c(cc1Br)OCCO2. The number of hydrogen-bond acceptors (Lipinski definition) is 4. The molecule has 3 rings (SSSR count). The van der Waals surface area contributed by atoms with E-state index in [2.05, 4.69) is 21.2 Å². The molecule has 0 unspecified atom stereocenters. The van der Waals surface area contributed by atoms with Crippen molar-refractivity contribution in [1.82, 2.24) is 0 Å². The zero-order valence-electron chi connectivity index (χ0n) is 12.0. The van der Waals surface area contributed by atoms with Gasteiger partial charge in [0.05, 0.1) is 5.69 Å². The van der Waals surface area contributed by atoms with Gasteiger partial charge in [0.15, 0.2) is 18.1 Å². The second kappa shape index (κ2) is 7.10. The molecule has 1 aliphatic heterocycles. The number of anilines is 1. The lowest BCUT2D eigenvalue weighted by atomic mass is 10.2. The third-order valence-corrected chi connectivity index (χ3v) is 4.00. The molecule has 0 radical (unpaired) electrons. The van der Waals surface area contributed by atoms with Crippen molar-refractivity contribution in [2.45, 2.75) is 0 Å². The normalized spacial score (nSPS) is 12.6. The quantitative estimate of drug-likeness (QED) is 0.849. The Balaban J connectivity index is 1.62. The minimum Gasteiger partial charge on any atom is -0.486 e. The number of carbonyl (C=O) groups is 1. The van der Waals surface area contributed by atoms with Crippen molar-refractivity contribution in [3.8, 4) is 17.2 Å². The third-order valence-electron chi connectivity index (χ3n) is 3.09. The number of rotatable bonds is 4. The molecule has 120 valence electrons. The summed E-state index contributed by atoms with van der Waals surface area (Å²) in [5.41, 5.74) is 0.596. The van der Waals surface area contributed by atoms with Crippen LogP contribution in [-0.2, 0) is 4.79 Å². The van der Waals surface area contributed by atoms with Crippen molar-refractivity contribution in [1.29, 1.82) is 0 Å². The number of benzene rings is 2. The van der Waals surface area contributed by atoms with E-state index >= 15 is 0 Å². The second-order valence-electron chi connectivity index (χ2n) is 4.77. The fraction of sp³-hybridized carbons (Fsp3) is 0.188. The zero-order chi connectivity index (χ0) is 16.2. The number of ether oxygens (including phenoxy) is 3. The first-order chi connectivity index (χ1) is 11.1. The van der Waals surface area contributed by atoms with E-state index in [0.717, 1.165) is 0 Å². The van der Waals surface area contributed by atoms with Crippen molar-refractivity contribution in [3.05, 3.63) is 45.9 Å². The number of carbonyl (C=O) groups excluding carboxylic acids is 1. The van der Waals surface area contributed by atoms with Crippen molar-refractivity contribution >= 4 is 39.1 Å². The first-order valence-electron chi connectivity index (χ1n) is 6.89. The molecule has 7 heteroatoms. The smallest absolute Gasteiger partial charge is 0.262 e. The summed E-state index contributed by atoms with van der Waals surface area (Å²) in [6.07, 6.45) is 0. The van der Waals surface area contributed by atoms with Crippen LogP contribution in [0.25, 0.3) is 0 Å². The summed E-state index contributed by atoms with van der Waals surface area (Å²) < 4.78 is 17.1. The Morgan fingerprint density at radius 1 is 1.17 bits per heavy atom. The van der Waals surface area contributed by atoms with Crippen LogP contribution in [0.1, 0.15) is 0 Å². The standard InChI is InChI=1S/C16H13BrClNO4/c17-12-7-14-15(22-6-5-21-14)8-13(12)19-16(20)9-23-11-3-1-10(18)2-4-11/h1-4,7-8H,5-6,9H2,(H,19,20). The fourth-order valence-corrected chi connectivity index (χ4v) is 2.57. The van der Waals surface area contributed by atoms with E-state index < -0.39 is 0 Å². The van der Waals surface area contributed by atoms with Crippen LogP contribution in [0, 0.1) is 0 Å². The van der Waals surface area contributed by atoms with Crippen LogP contribution in [0.2, 0.25) is 5.02 Å². The number of fused-ring (bicyclic) bond motifs is 1. The van der Waals surface area contributed by atoms with E-state index in [-0.39, 0.29) is 12.5 Å². The number of hydrogen-bond donors (Lipinski definition) is 1. The maximum absolute atomic E-state index is 12.0. The largest absolute Gasteiger partial charge is 0.486 e. The van der Waals surface area contributed by atoms with Crippen LogP contribution in [-0.4, -0.2) is 25.7 Å². The molecule has 1 heterocycles. The molecule has 0 bridgehead atoms. The molecule has 0 saturated carbocycles. The molecule has 1 aliphatic rings. The molecule has 1 amide bonds. The Labute approximate surface area is 146 Å². The predicted octanol–water partition coefficient (Wildman–Crippen LogP) is 3.89. The van der Waals surface area contributed by atoms with Crippen molar-refractivity contribution in [2.24, 2.45) is 0 Å². The van der Waals surface area contributed by atoms with E-state index in [4.69, 9.17) is 25.8 Å². The molecule has 0 saturated heterocycles. The van der Waals surface area contributed by atoms with Gasteiger partial charge in [0.1, 0.15) is 19.0 Å². The highest BCUT2D eigenvalue weighted by Gasteiger charge is 2.16. The maximum Gasteiger partial charge on any atom is 0.262 e. The van der Waals surface area contributed by atoms with Gasteiger partial charge < -0.3 is 19.5 Å². The van der Waals surface area contributed by atoms with Crippen LogP contribution in [0.3, 0.4) is 0 Å². The molecule has 0 aliphatic carbocycles. The Morgan fingerprint density at radius 2 is 1.83 bits per heavy atom. The second-order valence-corrected chi connectivity index (χ2v) is 6.06. The highest BCUT2D eigenvalue weighted by molar-refractivity contribution is 9.10. The first-order valence-corrected chi connectivity index (χ1v) is 8.06. The van der Waals surface area contributed by atoms with E-state index in [1.165, 1.54) is 0 Å². The highest BCUT2D eigenvalue weighted by Crippen LogP contribution is 2.38. The Morgan fingerprint density at radius 3 is 2.52 bits per heavy atom. The zero-order valence-corrected chi connectivity index (χ0v) is 14.3. The average molecular weight is 399 g/mol. The van der Waals surface area contributed by atoms with Gasteiger partial charge in [-0.2, -0.15) is 0 Å². The summed E-state index contributed by atoms with van der Waals surface area (Å²) in [6.45, 7) is 0.893. The van der Waals surface area contributed by atoms with Gasteiger partial charge in [0.2, 0.25) is 0 Å². The van der Waals surface area contributed by atoms with Crippen LogP contribution in [0.15, 0.2) is 40.9 Å². The lowest BCUT2D eigenvalue weighted by molar-refractivity contribution is -0.118. The molecular weight excluding hydrogens is 386 g/mol. The van der Waals surface area contributed by atoms with E-state index in [0.29, 0.717) is 45.6 Å². The number of halogens is 2. The van der Waals surface area contributed by atoms with Gasteiger partial charge in [-0.05, 0) is 40.2 Å². The van der Waals surface area contributed by atoms with Crippen molar-refractivity contribution in [2.75, 3.05) is 25.1 Å². The Bertz CT molecular complexity index is 721. The topological polar surface area (TPSA) is 56.8 Å². The van der Waals surface area contributed by atoms with Crippen LogP contribution in [0.4, 0.5) is 5.69 Å². The molecule has 0 spiro atoms. The summed E-state index contributed by atoms with van der Waals surface area (Å²) >= 11 is 9.20. The molecular formula is C16H13BrClNO4. The van der Waals surface area contributed by atoms with E-state index in [1.54, 1.807) is 36.4 Å². The van der Waals surface area contributed by atoms with E-state index in [1.807, 2.05) is 0 Å². The van der Waals surface area contributed by atoms with Gasteiger partial charge in [-0.25, -0.2) is 0 Å². The van der Waals surface area contributed by atoms with Crippen LogP contribution < -0.4 is 19.5 Å². The van der Waals surface area contributed by atoms with Gasteiger partial charge in [-0.15, -0.1) is 0 Å². The average Bonchev–Trinajstić information content (AvgIpc) is 2.55. The lowest BCUT2D eigenvalue weighted by Gasteiger charge is -2.20. The monoisotopic (exact) mass is 397 g/mol. The molecule has 2 aromatic carbocycles. The van der Waals surface area contributed by atoms with Gasteiger partial charge in [-0.1, -0.05) is 11.6 Å². The summed E-state index contributed by atoms with van der Waals surface area (Å²) in [5.74, 6) is 1.55. The van der Waals surface area contributed by atoms with Crippen molar-refractivity contribution in [3.63, 3.8) is 0 Å². The predicted molar refractivity (Wildman–Crippen MR) is 90.7 cm³/mol. The Kier molecular flexibility index (Phi) is 4.93. The summed E-state index contributed by atoms with van der Waals surface area (Å²) in [5, 5.41) is 3.38. The van der Waals surface area contributed by atoms with Gasteiger partial charge in [0.25, 0.3) is 5.91 Å². The van der Waals surface area contributed by atoms with Crippen LogP contribution in [0.5, 0.6) is 17.2 Å². The summed E-state index contributed by atoms with van der Waals surface area (Å²) in [4.78, 5) is 12.0. The number of amides is 1. The van der Waals surface area contributed by atoms with Crippen molar-refractivity contribution < 1.29 is 19.0 Å². The summed E-state index contributed by atoms with van der Waals surface area (Å²) in [6, 6.07) is 10.3. The highest BCUT2D eigenvalue weighted by atomic mass is 79.9. The number of nitrogens with one attached hydrogen (secondary N) is 1. The van der Waals surface area contributed by atoms with Gasteiger partial charge in [0, 0.05) is 21.6 Å². The maximum atomic E-state index is 12.0. The molecule has 23 heavy (non-hydrogen) atoms. The fourth-order valence-electron chi connectivity index (χ4n) is 2.03. The Hall–Kier alpha value is -1.92. The van der Waals surface area contributed by atoms with E-state index in [9.17, 15) is 4.79 Å². The molecule has 5 nitrogen and oxygen atoms in total. The van der Waals surface area contributed by atoms with Gasteiger partial charge >= 0.3 is 0 Å². The third kappa shape index (κ3) is 4.09. The first kappa shape index (κ1) is 16.0. The summed E-state index contributed by atoms with van der Waals surface area (Å²) in [7, 11) is 0. The molecule has 0 atom stereocenters. The van der Waals surface area contributed by atoms with Crippen LogP contribution >= 0.6 is 27.5 Å². The minimum absolute atomic E-state index is 0.109.